The maximum absolute atomic E-state index is 13.6. The molecule has 1 amide bonds. The van der Waals surface area contributed by atoms with Crippen LogP contribution in [0.4, 0.5) is 11.5 Å². The van der Waals surface area contributed by atoms with E-state index in [1.165, 1.54) is 5.56 Å². The number of anilines is 2. The van der Waals surface area contributed by atoms with Crippen molar-refractivity contribution >= 4 is 28.3 Å². The Morgan fingerprint density at radius 1 is 1.15 bits per heavy atom. The van der Waals surface area contributed by atoms with Crippen molar-refractivity contribution in [2.75, 3.05) is 29.6 Å². The molecule has 166 valence electrons. The van der Waals surface area contributed by atoms with E-state index in [2.05, 4.69) is 48.0 Å². The van der Waals surface area contributed by atoms with E-state index in [9.17, 15) is 4.79 Å². The number of carbonyl (C=O) groups is 1. The molecule has 1 N–H and O–H groups in total. The monoisotopic (exact) mass is 439 g/mol. The van der Waals surface area contributed by atoms with Gasteiger partial charge in [-0.1, -0.05) is 42.0 Å². The number of aromatic nitrogens is 3. The Labute approximate surface area is 192 Å². The molecule has 0 radical (unpaired) electrons. The highest BCUT2D eigenvalue weighted by Gasteiger charge is 2.43. The molecule has 0 spiro atoms. The lowest BCUT2D eigenvalue weighted by Gasteiger charge is -2.45. The summed E-state index contributed by atoms with van der Waals surface area (Å²) in [4.78, 5) is 30.6. The van der Waals surface area contributed by atoms with Crippen molar-refractivity contribution in [1.29, 1.82) is 0 Å². The third-order valence-corrected chi connectivity index (χ3v) is 6.72. The van der Waals surface area contributed by atoms with Crippen LogP contribution in [0.1, 0.15) is 24.1 Å². The first kappa shape index (κ1) is 19.9. The molecule has 0 bridgehead atoms. The topological polar surface area (TPSA) is 74.3 Å². The lowest BCUT2D eigenvalue weighted by atomic mass is 10.0. The number of nitrogens with one attached hydrogen (secondary N) is 1. The summed E-state index contributed by atoms with van der Waals surface area (Å²) in [5, 5.41) is 1.08. The van der Waals surface area contributed by atoms with Crippen LogP contribution in [-0.4, -0.2) is 46.7 Å². The van der Waals surface area contributed by atoms with E-state index in [1.54, 1.807) is 6.20 Å². The van der Waals surface area contributed by atoms with Gasteiger partial charge in [-0.25, -0.2) is 9.97 Å². The summed E-state index contributed by atoms with van der Waals surface area (Å²) in [7, 11) is 0. The lowest BCUT2D eigenvalue weighted by molar-refractivity contribution is -0.123. The van der Waals surface area contributed by atoms with Gasteiger partial charge in [-0.05, 0) is 31.5 Å². The average Bonchev–Trinajstić information content (AvgIpc) is 3.34. The van der Waals surface area contributed by atoms with Gasteiger partial charge in [0.1, 0.15) is 11.7 Å². The summed E-state index contributed by atoms with van der Waals surface area (Å²) in [5.41, 5.74) is 5.02. The maximum atomic E-state index is 13.6. The fourth-order valence-electron chi connectivity index (χ4n) is 4.89. The van der Waals surface area contributed by atoms with Crippen LogP contribution in [0.2, 0.25) is 0 Å². The van der Waals surface area contributed by atoms with E-state index in [-0.39, 0.29) is 18.0 Å². The van der Waals surface area contributed by atoms with Gasteiger partial charge in [0.15, 0.2) is 11.6 Å². The highest BCUT2D eigenvalue weighted by atomic mass is 16.5. The first-order valence-electron chi connectivity index (χ1n) is 11.3. The number of morpholine rings is 1. The number of benzene rings is 2. The molecular formula is C26H25N5O2. The molecule has 2 aromatic carbocycles. The molecule has 7 nitrogen and oxygen atoms in total. The zero-order valence-electron chi connectivity index (χ0n) is 18.7. The first-order chi connectivity index (χ1) is 16.1. The van der Waals surface area contributed by atoms with E-state index in [0.717, 1.165) is 33.5 Å². The molecule has 0 aliphatic carbocycles. The zero-order valence-corrected chi connectivity index (χ0v) is 18.7. The Hall–Kier alpha value is -3.71. The average molecular weight is 440 g/mol. The summed E-state index contributed by atoms with van der Waals surface area (Å²) < 4.78 is 5.70. The Kier molecular flexibility index (Phi) is 4.66. The normalized spacial score (nSPS) is 18.8. The number of amides is 1. The quantitative estimate of drug-likeness (QED) is 0.517. The minimum Gasteiger partial charge on any atom is -0.377 e. The summed E-state index contributed by atoms with van der Waals surface area (Å²) >= 11 is 0. The van der Waals surface area contributed by atoms with Crippen molar-refractivity contribution < 1.29 is 9.53 Å². The summed E-state index contributed by atoms with van der Waals surface area (Å²) in [6.45, 7) is 5.68. The van der Waals surface area contributed by atoms with Crippen LogP contribution in [0.25, 0.3) is 22.3 Å². The lowest BCUT2D eigenvalue weighted by Crippen LogP contribution is -2.59. The van der Waals surface area contributed by atoms with Crippen LogP contribution in [0.15, 0.2) is 60.9 Å². The van der Waals surface area contributed by atoms with Gasteiger partial charge in [-0.3, -0.25) is 9.69 Å². The minimum atomic E-state index is -0.384. The highest BCUT2D eigenvalue weighted by molar-refractivity contribution is 6.05. The molecule has 1 saturated heterocycles. The van der Waals surface area contributed by atoms with E-state index < -0.39 is 0 Å². The summed E-state index contributed by atoms with van der Waals surface area (Å²) in [5.74, 6) is 1.47. The summed E-state index contributed by atoms with van der Waals surface area (Å²) in [6, 6.07) is 15.9. The minimum absolute atomic E-state index is 0.0272. The smallest absolute Gasteiger partial charge is 0.252 e. The van der Waals surface area contributed by atoms with Crippen molar-refractivity contribution in [3.63, 3.8) is 0 Å². The SMILES string of the molecule is Cc1ccc([C@H](C)N2C(=O)[C@H]3COCCN3c3nc(-c4cccc5[nH]ccc45)ncc32)cc1. The molecule has 6 rings (SSSR count). The van der Waals surface area contributed by atoms with Gasteiger partial charge in [0.25, 0.3) is 5.91 Å². The highest BCUT2D eigenvalue weighted by Crippen LogP contribution is 2.41. The third-order valence-electron chi connectivity index (χ3n) is 6.72. The van der Waals surface area contributed by atoms with Gasteiger partial charge in [0.05, 0.1) is 25.5 Å². The van der Waals surface area contributed by atoms with Gasteiger partial charge in [0.2, 0.25) is 0 Å². The largest absolute Gasteiger partial charge is 0.377 e. The van der Waals surface area contributed by atoms with Crippen molar-refractivity contribution in [3.8, 4) is 11.4 Å². The molecule has 0 saturated carbocycles. The molecule has 1 fully saturated rings. The Morgan fingerprint density at radius 3 is 2.85 bits per heavy atom. The van der Waals surface area contributed by atoms with E-state index >= 15 is 0 Å². The first-order valence-corrected chi connectivity index (χ1v) is 11.3. The van der Waals surface area contributed by atoms with Crippen molar-refractivity contribution in [3.05, 3.63) is 72.1 Å². The van der Waals surface area contributed by atoms with Crippen LogP contribution in [0, 0.1) is 6.92 Å². The molecule has 2 aliphatic heterocycles. The van der Waals surface area contributed by atoms with Gasteiger partial charge in [0, 0.05) is 29.2 Å². The molecule has 4 heterocycles. The van der Waals surface area contributed by atoms with Crippen molar-refractivity contribution in [2.45, 2.75) is 25.9 Å². The molecule has 2 atom stereocenters. The summed E-state index contributed by atoms with van der Waals surface area (Å²) in [6.07, 6.45) is 3.73. The molecule has 33 heavy (non-hydrogen) atoms. The second-order valence-electron chi connectivity index (χ2n) is 8.73. The predicted molar refractivity (Wildman–Crippen MR) is 128 cm³/mol. The van der Waals surface area contributed by atoms with E-state index in [4.69, 9.17) is 14.7 Å². The molecular weight excluding hydrogens is 414 g/mol. The maximum Gasteiger partial charge on any atom is 0.252 e. The number of aromatic amines is 1. The van der Waals surface area contributed by atoms with Gasteiger partial charge in [-0.15, -0.1) is 0 Å². The standard InChI is InChI=1S/C26H25N5O2/c1-16-6-8-18(9-7-16)17(2)31-22-14-28-24(20-4-3-5-21-19(20)10-11-27-21)29-25(22)30-12-13-33-15-23(30)26(31)32/h3-11,14,17,23,27H,12-13,15H2,1-2H3/t17-,23+/m0/s1. The number of fused-ring (bicyclic) bond motifs is 4. The number of hydrogen-bond donors (Lipinski definition) is 1. The second kappa shape index (κ2) is 7.71. The van der Waals surface area contributed by atoms with E-state index in [1.807, 2.05) is 35.4 Å². The Bertz CT molecular complexity index is 1350. The van der Waals surface area contributed by atoms with Gasteiger partial charge in [-0.2, -0.15) is 0 Å². The van der Waals surface area contributed by atoms with E-state index in [0.29, 0.717) is 25.6 Å². The van der Waals surface area contributed by atoms with Crippen LogP contribution in [0.5, 0.6) is 0 Å². The molecule has 0 unspecified atom stereocenters. The van der Waals surface area contributed by atoms with Crippen LogP contribution >= 0.6 is 0 Å². The second-order valence-corrected chi connectivity index (χ2v) is 8.73. The zero-order chi connectivity index (χ0) is 22.5. The third kappa shape index (κ3) is 3.19. The number of H-pyrrole nitrogens is 1. The number of hydrogen-bond acceptors (Lipinski definition) is 5. The van der Waals surface area contributed by atoms with Crippen LogP contribution in [-0.2, 0) is 9.53 Å². The number of nitrogens with zero attached hydrogens (tertiary/aromatic N) is 4. The Morgan fingerprint density at radius 2 is 2.00 bits per heavy atom. The fraction of sp³-hybridized carbons (Fsp3) is 0.269. The number of aryl methyl sites for hydroxylation is 1. The molecule has 7 heteroatoms. The fourth-order valence-corrected chi connectivity index (χ4v) is 4.89. The predicted octanol–water partition coefficient (Wildman–Crippen LogP) is 4.25. The number of carbonyl (C=O) groups excluding carboxylic acids is 1. The molecule has 4 aromatic rings. The molecule has 2 aromatic heterocycles. The van der Waals surface area contributed by atoms with Gasteiger partial charge >= 0.3 is 0 Å². The van der Waals surface area contributed by atoms with Crippen LogP contribution in [0.3, 0.4) is 0 Å². The van der Waals surface area contributed by atoms with Crippen molar-refractivity contribution in [1.82, 2.24) is 15.0 Å². The molecule has 2 aliphatic rings. The van der Waals surface area contributed by atoms with Crippen molar-refractivity contribution in [2.24, 2.45) is 0 Å². The van der Waals surface area contributed by atoms with Gasteiger partial charge < -0.3 is 14.6 Å². The number of rotatable bonds is 3. The Balaban J connectivity index is 1.49. The number of ether oxygens (including phenoxy) is 1. The van der Waals surface area contributed by atoms with Crippen LogP contribution < -0.4 is 9.80 Å².